The van der Waals surface area contributed by atoms with E-state index >= 15 is 0 Å². The fraction of sp³-hybridized carbons (Fsp3) is 0.688. The van der Waals surface area contributed by atoms with Crippen molar-refractivity contribution < 1.29 is 4.74 Å². The van der Waals surface area contributed by atoms with Crippen molar-refractivity contribution >= 4 is 0 Å². The minimum atomic E-state index is -0.0172. The zero-order valence-electron chi connectivity index (χ0n) is 12.9. The van der Waals surface area contributed by atoms with Gasteiger partial charge < -0.3 is 10.5 Å². The van der Waals surface area contributed by atoms with Crippen LogP contribution in [0.15, 0.2) is 18.2 Å². The summed E-state index contributed by atoms with van der Waals surface area (Å²) in [5.74, 6) is 0.511. The number of rotatable bonds is 6. The van der Waals surface area contributed by atoms with Crippen molar-refractivity contribution in [3.05, 3.63) is 29.6 Å². The van der Waals surface area contributed by atoms with Crippen LogP contribution in [0.25, 0.3) is 0 Å². The van der Waals surface area contributed by atoms with Crippen molar-refractivity contribution in [2.24, 2.45) is 11.7 Å². The first kappa shape index (κ1) is 15.4. The van der Waals surface area contributed by atoms with Gasteiger partial charge in [-0.2, -0.15) is 0 Å². The summed E-state index contributed by atoms with van der Waals surface area (Å²) in [4.78, 5) is 7.07. The summed E-state index contributed by atoms with van der Waals surface area (Å²) in [6.45, 7) is 10.7. The molecule has 0 saturated carbocycles. The highest BCUT2D eigenvalue weighted by Crippen LogP contribution is 2.31. The van der Waals surface area contributed by atoms with E-state index in [1.165, 1.54) is 0 Å². The molecular formula is C16H27N3O. The van der Waals surface area contributed by atoms with Crippen LogP contribution in [0.4, 0.5) is 0 Å². The van der Waals surface area contributed by atoms with Crippen molar-refractivity contribution in [1.82, 2.24) is 9.88 Å². The molecule has 1 aromatic rings. The lowest BCUT2D eigenvalue weighted by Crippen LogP contribution is -2.56. The first-order chi connectivity index (χ1) is 9.60. The van der Waals surface area contributed by atoms with Gasteiger partial charge >= 0.3 is 0 Å². The first-order valence-electron chi connectivity index (χ1n) is 7.55. The second kappa shape index (κ2) is 6.66. The third-order valence-electron chi connectivity index (χ3n) is 4.63. The molecule has 2 N–H and O–H groups in total. The fourth-order valence-corrected chi connectivity index (χ4v) is 3.12. The minimum absolute atomic E-state index is 0.0172. The number of likely N-dealkylation sites (N-methyl/N-ethyl adjacent to an activating group) is 1. The van der Waals surface area contributed by atoms with Crippen LogP contribution in [-0.2, 0) is 11.3 Å². The average molecular weight is 277 g/mol. The number of nitrogens with two attached hydrogens (primary N) is 1. The molecule has 0 radical (unpaired) electrons. The number of aryl methyl sites for hydroxylation is 1. The second-order valence-electron chi connectivity index (χ2n) is 5.91. The lowest BCUT2D eigenvalue weighted by molar-refractivity contribution is 0.0419. The zero-order valence-corrected chi connectivity index (χ0v) is 12.9. The third-order valence-corrected chi connectivity index (χ3v) is 4.63. The quantitative estimate of drug-likeness (QED) is 0.863. The van der Waals surface area contributed by atoms with Crippen molar-refractivity contribution in [3.8, 4) is 0 Å². The molecule has 2 atom stereocenters. The van der Waals surface area contributed by atoms with Crippen LogP contribution in [0.5, 0.6) is 0 Å². The van der Waals surface area contributed by atoms with E-state index in [4.69, 9.17) is 10.5 Å². The van der Waals surface area contributed by atoms with Crippen molar-refractivity contribution in [2.75, 3.05) is 26.3 Å². The van der Waals surface area contributed by atoms with Gasteiger partial charge in [-0.05, 0) is 38.9 Å². The van der Waals surface area contributed by atoms with Gasteiger partial charge in [0.25, 0.3) is 0 Å². The molecule has 1 fully saturated rings. The average Bonchev–Trinajstić information content (AvgIpc) is 2.98. The summed E-state index contributed by atoms with van der Waals surface area (Å²) >= 11 is 0. The number of hydrogen-bond acceptors (Lipinski definition) is 4. The molecule has 4 nitrogen and oxygen atoms in total. The minimum Gasteiger partial charge on any atom is -0.381 e. The Hall–Kier alpha value is -0.970. The molecular weight excluding hydrogens is 250 g/mol. The number of nitrogens with zero attached hydrogens (tertiary/aromatic N) is 2. The Morgan fingerprint density at radius 3 is 2.85 bits per heavy atom. The van der Waals surface area contributed by atoms with E-state index < -0.39 is 0 Å². The molecule has 1 aromatic heterocycles. The van der Waals surface area contributed by atoms with E-state index in [1.807, 2.05) is 13.0 Å². The van der Waals surface area contributed by atoms with Crippen LogP contribution < -0.4 is 5.73 Å². The lowest BCUT2D eigenvalue weighted by atomic mass is 9.83. The van der Waals surface area contributed by atoms with Crippen LogP contribution in [0.1, 0.15) is 31.7 Å². The Balaban J connectivity index is 2.16. The molecule has 2 heterocycles. The van der Waals surface area contributed by atoms with Crippen LogP contribution in [-0.4, -0.2) is 41.7 Å². The van der Waals surface area contributed by atoms with Crippen molar-refractivity contribution in [3.63, 3.8) is 0 Å². The molecule has 112 valence electrons. The summed E-state index contributed by atoms with van der Waals surface area (Å²) in [5.41, 5.74) is 8.30. The summed E-state index contributed by atoms with van der Waals surface area (Å²) in [6, 6.07) is 6.20. The summed E-state index contributed by atoms with van der Waals surface area (Å²) in [7, 11) is 0. The monoisotopic (exact) mass is 277 g/mol. The molecule has 4 heteroatoms. The van der Waals surface area contributed by atoms with E-state index in [2.05, 4.69) is 35.9 Å². The van der Waals surface area contributed by atoms with Crippen molar-refractivity contribution in [1.29, 1.82) is 0 Å². The van der Waals surface area contributed by atoms with Gasteiger partial charge in [0.1, 0.15) is 0 Å². The second-order valence-corrected chi connectivity index (χ2v) is 5.91. The Morgan fingerprint density at radius 1 is 1.50 bits per heavy atom. The van der Waals surface area contributed by atoms with Gasteiger partial charge in [-0.1, -0.05) is 13.0 Å². The predicted molar refractivity (Wildman–Crippen MR) is 81.4 cm³/mol. The standard InChI is InChI=1S/C16H27N3O/c1-4-19(10-15-7-5-6-13(2)18-15)16(3,12-17)14-8-9-20-11-14/h5-7,14H,4,8-12,17H2,1-3H3. The van der Waals surface area contributed by atoms with Crippen LogP contribution >= 0.6 is 0 Å². The van der Waals surface area contributed by atoms with Gasteiger partial charge in [0, 0.05) is 36.8 Å². The van der Waals surface area contributed by atoms with Crippen LogP contribution in [0.2, 0.25) is 0 Å². The topological polar surface area (TPSA) is 51.4 Å². The Morgan fingerprint density at radius 2 is 2.30 bits per heavy atom. The van der Waals surface area contributed by atoms with E-state index in [0.29, 0.717) is 12.5 Å². The SMILES string of the molecule is CCN(Cc1cccc(C)n1)C(C)(CN)C1CCOC1. The molecule has 0 aliphatic carbocycles. The Bertz CT molecular complexity index is 431. The van der Waals surface area contributed by atoms with Crippen LogP contribution in [0.3, 0.4) is 0 Å². The van der Waals surface area contributed by atoms with Gasteiger partial charge in [-0.3, -0.25) is 9.88 Å². The zero-order chi connectivity index (χ0) is 14.6. The van der Waals surface area contributed by atoms with Gasteiger partial charge in [-0.25, -0.2) is 0 Å². The molecule has 1 aliphatic rings. The van der Waals surface area contributed by atoms with Gasteiger partial charge in [-0.15, -0.1) is 0 Å². The number of hydrogen-bond donors (Lipinski definition) is 1. The first-order valence-corrected chi connectivity index (χ1v) is 7.55. The number of pyridine rings is 1. The number of ether oxygens (including phenoxy) is 1. The van der Waals surface area contributed by atoms with Gasteiger partial charge in [0.2, 0.25) is 0 Å². The van der Waals surface area contributed by atoms with E-state index in [0.717, 1.165) is 44.1 Å². The maximum atomic E-state index is 6.13. The van der Waals surface area contributed by atoms with E-state index in [9.17, 15) is 0 Å². The van der Waals surface area contributed by atoms with E-state index in [1.54, 1.807) is 0 Å². The largest absolute Gasteiger partial charge is 0.381 e. The smallest absolute Gasteiger partial charge is 0.0547 e. The molecule has 2 rings (SSSR count). The summed E-state index contributed by atoms with van der Waals surface area (Å²) in [6.07, 6.45) is 1.10. The third kappa shape index (κ3) is 3.19. The van der Waals surface area contributed by atoms with Crippen LogP contribution in [0, 0.1) is 12.8 Å². The van der Waals surface area contributed by atoms with E-state index in [-0.39, 0.29) is 5.54 Å². The normalized spacial score (nSPS) is 22.1. The molecule has 1 saturated heterocycles. The Kier molecular flexibility index (Phi) is 5.13. The maximum Gasteiger partial charge on any atom is 0.0547 e. The molecule has 0 amide bonds. The Labute approximate surface area is 122 Å². The highest BCUT2D eigenvalue weighted by atomic mass is 16.5. The molecule has 0 aromatic carbocycles. The highest BCUT2D eigenvalue weighted by molar-refractivity contribution is 5.10. The predicted octanol–water partition coefficient (Wildman–Crippen LogP) is 1.97. The van der Waals surface area contributed by atoms with Gasteiger partial charge in [0.15, 0.2) is 0 Å². The summed E-state index contributed by atoms with van der Waals surface area (Å²) < 4.78 is 5.57. The number of aromatic nitrogens is 1. The fourth-order valence-electron chi connectivity index (χ4n) is 3.12. The molecule has 0 bridgehead atoms. The van der Waals surface area contributed by atoms with Crippen molar-refractivity contribution in [2.45, 2.75) is 39.3 Å². The van der Waals surface area contributed by atoms with Gasteiger partial charge in [0.05, 0.1) is 12.3 Å². The molecule has 1 aliphatic heterocycles. The lowest BCUT2D eigenvalue weighted by Gasteiger charge is -2.44. The molecule has 2 unspecified atom stereocenters. The molecule has 0 spiro atoms. The summed E-state index contributed by atoms with van der Waals surface area (Å²) in [5, 5.41) is 0. The maximum absolute atomic E-state index is 6.13. The highest BCUT2D eigenvalue weighted by Gasteiger charge is 2.40. The molecule has 20 heavy (non-hydrogen) atoms.